The molecule has 1 fully saturated rings. The molecule has 0 saturated heterocycles. The van der Waals surface area contributed by atoms with Gasteiger partial charge in [0.15, 0.2) is 0 Å². The van der Waals surface area contributed by atoms with Crippen molar-refractivity contribution in [1.29, 1.82) is 0 Å². The third kappa shape index (κ3) is 1.50. The van der Waals surface area contributed by atoms with Crippen LogP contribution in [0.4, 0.5) is 0 Å². The van der Waals surface area contributed by atoms with Crippen LogP contribution in [0, 0.1) is 19.3 Å². The first-order valence-corrected chi connectivity index (χ1v) is 3.54. The molecular formula is C8H14. The zero-order chi connectivity index (χ0) is 5.82. The first-order chi connectivity index (χ1) is 3.93. The van der Waals surface area contributed by atoms with Gasteiger partial charge in [0.05, 0.1) is 0 Å². The van der Waals surface area contributed by atoms with E-state index in [2.05, 4.69) is 13.3 Å². The average Bonchev–Trinajstić information content (AvgIpc) is 1.90. The Hall–Kier alpha value is 0. The second-order valence-corrected chi connectivity index (χ2v) is 2.61. The molecule has 46 valence electrons. The van der Waals surface area contributed by atoms with Crippen LogP contribution in [0.3, 0.4) is 0 Å². The van der Waals surface area contributed by atoms with E-state index in [9.17, 15) is 0 Å². The van der Waals surface area contributed by atoms with Gasteiger partial charge >= 0.3 is 0 Å². The smallest absolute Gasteiger partial charge is 0.0383 e. The third-order valence-electron chi connectivity index (χ3n) is 1.93. The van der Waals surface area contributed by atoms with Crippen molar-refractivity contribution in [3.8, 4) is 0 Å². The van der Waals surface area contributed by atoms with Crippen molar-refractivity contribution in [2.75, 3.05) is 0 Å². The van der Waals surface area contributed by atoms with Crippen molar-refractivity contribution in [3.05, 3.63) is 13.3 Å². The highest BCUT2D eigenvalue weighted by atomic mass is 14.2. The molecule has 1 saturated carbocycles. The van der Waals surface area contributed by atoms with Crippen LogP contribution in [0.2, 0.25) is 0 Å². The second kappa shape index (κ2) is 3.11. The summed E-state index contributed by atoms with van der Waals surface area (Å²) in [4.78, 5) is 0. The van der Waals surface area contributed by atoms with Gasteiger partial charge in [-0.1, -0.05) is 32.6 Å². The van der Waals surface area contributed by atoms with Crippen molar-refractivity contribution in [3.63, 3.8) is 0 Å². The molecule has 0 N–H and O–H groups in total. The Morgan fingerprint density at radius 1 is 1.62 bits per heavy atom. The van der Waals surface area contributed by atoms with Crippen LogP contribution in [0.5, 0.6) is 0 Å². The van der Waals surface area contributed by atoms with Gasteiger partial charge in [-0.05, 0) is 18.8 Å². The molecule has 1 unspecified atom stereocenters. The molecule has 0 aliphatic heterocycles. The monoisotopic (exact) mass is 110 g/mol. The van der Waals surface area contributed by atoms with Crippen molar-refractivity contribution in [1.82, 2.24) is 0 Å². The molecular weight excluding hydrogens is 96.1 g/mol. The normalized spacial score (nSPS) is 23.6. The summed E-state index contributed by atoms with van der Waals surface area (Å²) >= 11 is 0. The first kappa shape index (κ1) is 6.12. The van der Waals surface area contributed by atoms with Gasteiger partial charge in [0.25, 0.3) is 0 Å². The minimum Gasteiger partial charge on any atom is -0.0530 e. The molecule has 1 rings (SSSR count). The van der Waals surface area contributed by atoms with Crippen LogP contribution >= 0.6 is 0 Å². The molecule has 0 heterocycles. The van der Waals surface area contributed by atoms with E-state index in [4.69, 9.17) is 0 Å². The first-order valence-electron chi connectivity index (χ1n) is 3.54. The highest BCUT2D eigenvalue weighted by Crippen LogP contribution is 2.24. The lowest BCUT2D eigenvalue weighted by Gasteiger charge is -2.18. The zero-order valence-electron chi connectivity index (χ0n) is 5.40. The summed E-state index contributed by atoms with van der Waals surface area (Å²) in [5, 5.41) is 0. The van der Waals surface area contributed by atoms with E-state index in [1.165, 1.54) is 25.7 Å². The van der Waals surface area contributed by atoms with Gasteiger partial charge in [-0.25, -0.2) is 0 Å². The molecule has 2 radical (unpaired) electrons. The zero-order valence-corrected chi connectivity index (χ0v) is 5.40. The summed E-state index contributed by atoms with van der Waals surface area (Å²) in [6.07, 6.45) is 9.02. The number of hydrogen-bond acceptors (Lipinski definition) is 0. The van der Waals surface area contributed by atoms with E-state index in [-0.39, 0.29) is 0 Å². The van der Waals surface area contributed by atoms with Crippen LogP contribution in [0.1, 0.15) is 32.1 Å². The Bertz CT molecular complexity index is 51.1. The fourth-order valence-corrected chi connectivity index (χ4v) is 1.28. The van der Waals surface area contributed by atoms with E-state index < -0.39 is 0 Å². The van der Waals surface area contributed by atoms with Gasteiger partial charge in [-0.3, -0.25) is 0 Å². The van der Waals surface area contributed by atoms with Crippen LogP contribution in [0.25, 0.3) is 0 Å². The fourth-order valence-electron chi connectivity index (χ4n) is 1.28. The third-order valence-corrected chi connectivity index (χ3v) is 1.93. The van der Waals surface area contributed by atoms with Crippen molar-refractivity contribution in [2.45, 2.75) is 32.1 Å². The quantitative estimate of drug-likeness (QED) is 0.486. The van der Waals surface area contributed by atoms with Gasteiger partial charge in [-0.2, -0.15) is 0 Å². The summed E-state index contributed by atoms with van der Waals surface area (Å²) in [6, 6.07) is 0. The molecule has 1 aliphatic rings. The molecule has 0 amide bonds. The van der Waals surface area contributed by atoms with E-state index in [0.717, 1.165) is 12.3 Å². The molecule has 1 aliphatic carbocycles. The Morgan fingerprint density at radius 3 is 2.88 bits per heavy atom. The maximum atomic E-state index is 3.89. The molecule has 0 bridgehead atoms. The van der Waals surface area contributed by atoms with Gasteiger partial charge in [0.2, 0.25) is 0 Å². The van der Waals surface area contributed by atoms with Gasteiger partial charge < -0.3 is 0 Å². The maximum absolute atomic E-state index is 3.89. The molecule has 1 atom stereocenters. The molecule has 0 aromatic carbocycles. The van der Waals surface area contributed by atoms with Crippen LogP contribution < -0.4 is 0 Å². The molecule has 8 heavy (non-hydrogen) atoms. The minimum atomic E-state index is 0.920. The summed E-state index contributed by atoms with van der Waals surface area (Å²) in [5.74, 6) is 0.920. The standard InChI is InChI=1S/C8H14/c1-2-8-6-4-3-5-7-8/h4,8H,1-3,5-7H2. The maximum Gasteiger partial charge on any atom is -0.0383 e. The van der Waals surface area contributed by atoms with Crippen LogP contribution in [0.15, 0.2) is 0 Å². The highest BCUT2D eigenvalue weighted by Gasteiger charge is 2.09. The van der Waals surface area contributed by atoms with E-state index >= 15 is 0 Å². The second-order valence-electron chi connectivity index (χ2n) is 2.61. The van der Waals surface area contributed by atoms with E-state index in [0.29, 0.717) is 0 Å². The summed E-state index contributed by atoms with van der Waals surface area (Å²) in [6.45, 7) is 3.89. The Labute approximate surface area is 52.3 Å². The SMILES string of the molecule is [CH2]CC1C[CH]CCC1. The van der Waals surface area contributed by atoms with E-state index in [1.54, 1.807) is 0 Å². The van der Waals surface area contributed by atoms with Gasteiger partial charge in [0, 0.05) is 0 Å². The van der Waals surface area contributed by atoms with Gasteiger partial charge in [0.1, 0.15) is 0 Å². The molecule has 0 aromatic rings. The molecule has 0 heteroatoms. The highest BCUT2D eigenvalue weighted by molar-refractivity contribution is 4.77. The van der Waals surface area contributed by atoms with Crippen molar-refractivity contribution < 1.29 is 0 Å². The Morgan fingerprint density at radius 2 is 2.50 bits per heavy atom. The molecule has 0 aromatic heterocycles. The fraction of sp³-hybridized carbons (Fsp3) is 0.750. The summed E-state index contributed by atoms with van der Waals surface area (Å²) < 4.78 is 0. The van der Waals surface area contributed by atoms with Crippen molar-refractivity contribution >= 4 is 0 Å². The largest absolute Gasteiger partial charge is 0.0530 e. The number of rotatable bonds is 1. The lowest BCUT2D eigenvalue weighted by Crippen LogP contribution is -2.04. The number of hydrogen-bond donors (Lipinski definition) is 0. The minimum absolute atomic E-state index is 0.920. The summed E-state index contributed by atoms with van der Waals surface area (Å²) in [5.41, 5.74) is 0. The topological polar surface area (TPSA) is 0 Å². The van der Waals surface area contributed by atoms with E-state index in [1.807, 2.05) is 0 Å². The molecule has 0 nitrogen and oxygen atoms in total. The van der Waals surface area contributed by atoms with Crippen LogP contribution in [-0.2, 0) is 0 Å². The molecule has 0 spiro atoms. The lowest BCUT2D eigenvalue weighted by molar-refractivity contribution is 0.417. The van der Waals surface area contributed by atoms with Crippen molar-refractivity contribution in [2.24, 2.45) is 5.92 Å². The Kier molecular flexibility index (Phi) is 2.38. The van der Waals surface area contributed by atoms with Crippen LogP contribution in [-0.4, -0.2) is 0 Å². The Balaban J connectivity index is 2.13. The summed E-state index contributed by atoms with van der Waals surface area (Å²) in [7, 11) is 0. The predicted molar refractivity (Wildman–Crippen MR) is 36.2 cm³/mol. The van der Waals surface area contributed by atoms with Gasteiger partial charge in [-0.15, -0.1) is 0 Å². The lowest BCUT2D eigenvalue weighted by atomic mass is 9.88. The predicted octanol–water partition coefficient (Wildman–Crippen LogP) is 2.61. The average molecular weight is 110 g/mol.